The summed E-state index contributed by atoms with van der Waals surface area (Å²) >= 11 is 0. The number of rotatable bonds is 36. The molecular weight excluding hydrogens is 1360 g/mol. The number of aliphatic carboxylic acids is 2. The molecule has 584 valence electrons. The molecule has 1 saturated heterocycles. The Bertz CT molecular complexity index is 3230. The van der Waals surface area contributed by atoms with Crippen LogP contribution in [0, 0.1) is 11.8 Å². The van der Waals surface area contributed by atoms with Crippen LogP contribution in [-0.4, -0.2) is 199 Å². The molecule has 32 heteroatoms. The lowest BCUT2D eigenvalue weighted by Crippen LogP contribution is -2.62. The van der Waals surface area contributed by atoms with Crippen molar-refractivity contribution < 1.29 is 97.4 Å². The summed E-state index contributed by atoms with van der Waals surface area (Å²) in [4.78, 5) is 195. The van der Waals surface area contributed by atoms with Gasteiger partial charge in [-0.05, 0) is 118 Å². The number of nitrogens with one attached hydrogen (secondary N) is 9. The first-order valence-electron chi connectivity index (χ1n) is 36.7. The van der Waals surface area contributed by atoms with Crippen molar-refractivity contribution in [3.63, 3.8) is 0 Å². The number of carboxylic acid groups (broad SMARTS) is 2. The average molecular weight is 1480 g/mol. The molecule has 105 heavy (non-hydrogen) atoms. The van der Waals surface area contributed by atoms with Crippen LogP contribution in [0.3, 0.4) is 0 Å². The predicted octanol–water partition coefficient (Wildman–Crippen LogP) is 1.33. The fourth-order valence-electron chi connectivity index (χ4n) is 12.2. The molecule has 0 radical (unpaired) electrons. The number of fused-ring (bicyclic) bond motifs is 23. The number of ether oxygens (including phenoxy) is 1. The minimum absolute atomic E-state index is 0.0228. The van der Waals surface area contributed by atoms with E-state index in [4.69, 9.17) is 16.2 Å². The zero-order chi connectivity index (χ0) is 77.9. The van der Waals surface area contributed by atoms with Gasteiger partial charge in [-0.3, -0.25) is 62.3 Å². The highest BCUT2D eigenvalue weighted by Crippen LogP contribution is 2.23. The van der Waals surface area contributed by atoms with Crippen molar-refractivity contribution in [2.45, 2.75) is 275 Å². The normalized spacial score (nSPS) is 21.9. The molecule has 5 rings (SSSR count). The first-order chi connectivity index (χ1) is 49.8. The molecular formula is C73H112N12O20. The molecule has 2 bridgehead atoms. The Labute approximate surface area is 612 Å². The van der Waals surface area contributed by atoms with Gasteiger partial charge in [0.1, 0.15) is 71.9 Å². The maximum absolute atomic E-state index is 14.8. The number of primary amides is 1. The van der Waals surface area contributed by atoms with E-state index in [-0.39, 0.29) is 68.7 Å². The lowest BCUT2D eigenvalue weighted by Gasteiger charge is -2.31. The van der Waals surface area contributed by atoms with Crippen molar-refractivity contribution >= 4 is 82.9 Å². The summed E-state index contributed by atoms with van der Waals surface area (Å²) in [6.45, 7) is 10.2. The standard InChI is InChI=1S/C73H112N12O20/c1-7-43(5)19-15-13-11-9-10-12-14-16-20-48(88)41-59(90)76-52(32-35-60(91)92)65(96)78-51(21-17-37-74)64(95)81-56-40-46-25-29-49(30-26-46)105-73(104)62(42(3)4)83-68(99)55(39-45-23-27-47(87)28-24-45)82-67(98)53(31-34-58(75)89)79-70(101)57-22-18-38-85(57)72(103)50(8-2)77-66(97)54(33-36-61(93)94)80-71(102)63(44(6)86)84-69(56)100/h23-30,42-44,48,50-57,62-63,86-88H,7-22,31-41,74H2,1-6H3,(H2,75,89)(H,76,90)(H,77,97)(H,78,96)(H,79,101)(H,80,102)(H,81,95)(H,82,98)(H,83,99)(H,84,100)(H,91,92)(H,93,94)/t43?,44-,48?,50-,51-,52+,53+,54+,55-,56+,57+,62+,63-/m1/s1. The number of unbranched alkanes of at least 4 members (excludes halogenated alkanes) is 7. The molecule has 11 amide bonds. The van der Waals surface area contributed by atoms with Gasteiger partial charge in [0.15, 0.2) is 0 Å². The largest absolute Gasteiger partial charge is 0.508 e. The minimum atomic E-state index is -1.98. The van der Waals surface area contributed by atoms with Crippen LogP contribution in [0.2, 0.25) is 0 Å². The van der Waals surface area contributed by atoms with Crippen LogP contribution >= 0.6 is 0 Å². The zero-order valence-electron chi connectivity index (χ0n) is 61.3. The summed E-state index contributed by atoms with van der Waals surface area (Å²) < 4.78 is 5.77. The number of hydrogen-bond acceptors (Lipinski definition) is 19. The highest BCUT2D eigenvalue weighted by atomic mass is 16.5. The molecule has 3 aliphatic rings. The van der Waals surface area contributed by atoms with Gasteiger partial charge < -0.3 is 94.5 Å². The summed E-state index contributed by atoms with van der Waals surface area (Å²) in [5, 5.41) is 74.2. The van der Waals surface area contributed by atoms with Gasteiger partial charge in [0.25, 0.3) is 0 Å². The molecule has 1 fully saturated rings. The molecule has 2 unspecified atom stereocenters. The third-order valence-electron chi connectivity index (χ3n) is 18.7. The number of phenolic OH excluding ortho intramolecular Hbond substituents is 1. The number of aliphatic hydroxyl groups is 2. The second kappa shape index (κ2) is 45.8. The van der Waals surface area contributed by atoms with E-state index in [0.717, 1.165) is 49.8 Å². The van der Waals surface area contributed by atoms with Crippen LogP contribution in [0.15, 0.2) is 48.5 Å². The van der Waals surface area contributed by atoms with E-state index in [0.29, 0.717) is 18.4 Å². The Morgan fingerprint density at radius 2 is 1.15 bits per heavy atom. The number of benzene rings is 2. The van der Waals surface area contributed by atoms with Crippen LogP contribution in [-0.2, 0) is 80.0 Å². The smallest absolute Gasteiger partial charge is 0.334 e. The van der Waals surface area contributed by atoms with E-state index in [1.165, 1.54) is 81.1 Å². The predicted molar refractivity (Wildman–Crippen MR) is 383 cm³/mol. The van der Waals surface area contributed by atoms with E-state index >= 15 is 0 Å². The summed E-state index contributed by atoms with van der Waals surface area (Å²) in [5.74, 6) is -14.7. The first kappa shape index (κ1) is 88.1. The van der Waals surface area contributed by atoms with Crippen molar-refractivity contribution in [1.29, 1.82) is 0 Å². The number of carbonyl (C=O) groups is 14. The van der Waals surface area contributed by atoms with Gasteiger partial charge in [0.05, 0.1) is 18.6 Å². The Kier molecular flexibility index (Phi) is 38.4. The summed E-state index contributed by atoms with van der Waals surface area (Å²) in [6, 6.07) is -4.88. The zero-order valence-corrected chi connectivity index (χ0v) is 61.3. The molecule has 32 nitrogen and oxygen atoms in total. The average Bonchev–Trinajstić information content (AvgIpc) is 1.76. The monoisotopic (exact) mass is 1480 g/mol. The van der Waals surface area contributed by atoms with Crippen molar-refractivity contribution in [3.8, 4) is 11.5 Å². The second-order valence-corrected chi connectivity index (χ2v) is 27.8. The fraction of sp³-hybridized carbons (Fsp3) is 0.644. The van der Waals surface area contributed by atoms with Crippen LogP contribution in [0.1, 0.15) is 200 Å². The Morgan fingerprint density at radius 1 is 0.600 bits per heavy atom. The SMILES string of the molecule is CCC(C)CCCCCCCCCCC(O)CC(=O)N[C@@H](CCC(=O)O)C(=O)N[C@H](CCCN)C(=O)N[C@H]1Cc2ccc(cc2)OC(=O)[C@H](C(C)C)NC(=O)[C@@H](Cc2ccc(O)cc2)NC(=O)[C@H](CCC(N)=O)NC(=O)[C@@H]2CCCN2C(=O)[C@@H](CC)NC(=O)[C@H](CCC(=O)O)NC(=O)[C@@H]([C@@H](C)O)NC1=O. The van der Waals surface area contributed by atoms with E-state index in [1.54, 1.807) is 13.8 Å². The topological polar surface area (TPSA) is 513 Å². The Hall–Kier alpha value is -9.30. The maximum atomic E-state index is 14.8. The third-order valence-corrected chi connectivity index (χ3v) is 18.7. The number of esters is 1. The molecule has 0 saturated carbocycles. The molecule has 0 aliphatic carbocycles. The van der Waals surface area contributed by atoms with Gasteiger partial charge in [-0.1, -0.05) is 123 Å². The van der Waals surface area contributed by atoms with Crippen molar-refractivity contribution in [1.82, 2.24) is 52.8 Å². The summed E-state index contributed by atoms with van der Waals surface area (Å²) in [5.41, 5.74) is 12.0. The number of hydrogen-bond donors (Lipinski definition) is 16. The van der Waals surface area contributed by atoms with E-state index in [2.05, 4.69) is 61.7 Å². The van der Waals surface area contributed by atoms with E-state index in [1.807, 2.05) is 0 Å². The number of aliphatic hydroxyl groups excluding tert-OH is 2. The maximum Gasteiger partial charge on any atom is 0.334 e. The van der Waals surface area contributed by atoms with Gasteiger partial charge in [0, 0.05) is 38.6 Å². The number of aromatic hydroxyl groups is 1. The van der Waals surface area contributed by atoms with Gasteiger partial charge >= 0.3 is 17.9 Å². The Balaban J connectivity index is 1.74. The van der Waals surface area contributed by atoms with Crippen LogP contribution in [0.5, 0.6) is 11.5 Å². The molecule has 0 aromatic heterocycles. The fourth-order valence-corrected chi connectivity index (χ4v) is 12.2. The van der Waals surface area contributed by atoms with Crippen molar-refractivity contribution in [2.75, 3.05) is 13.1 Å². The van der Waals surface area contributed by atoms with Crippen molar-refractivity contribution in [3.05, 3.63) is 59.7 Å². The van der Waals surface area contributed by atoms with Gasteiger partial charge in [0.2, 0.25) is 65.0 Å². The molecule has 13 atom stereocenters. The second-order valence-electron chi connectivity index (χ2n) is 27.8. The highest BCUT2D eigenvalue weighted by molar-refractivity contribution is 5.99. The highest BCUT2D eigenvalue weighted by Gasteiger charge is 2.41. The van der Waals surface area contributed by atoms with E-state index < -0.39 is 213 Å². The number of nitrogens with zero attached hydrogens (tertiary/aromatic N) is 1. The van der Waals surface area contributed by atoms with Gasteiger partial charge in [-0.25, -0.2) is 4.79 Å². The van der Waals surface area contributed by atoms with Gasteiger partial charge in [-0.15, -0.1) is 0 Å². The number of carboxylic acids is 2. The van der Waals surface area contributed by atoms with Crippen LogP contribution < -0.4 is 64.1 Å². The lowest BCUT2D eigenvalue weighted by atomic mass is 9.99. The van der Waals surface area contributed by atoms with Crippen molar-refractivity contribution in [2.24, 2.45) is 23.3 Å². The molecule has 18 N–H and O–H groups in total. The third kappa shape index (κ3) is 31.5. The number of amides is 11. The van der Waals surface area contributed by atoms with E-state index in [9.17, 15) is 92.7 Å². The lowest BCUT2D eigenvalue weighted by molar-refractivity contribution is -0.143. The first-order valence-corrected chi connectivity index (χ1v) is 36.7. The minimum Gasteiger partial charge on any atom is -0.508 e. The van der Waals surface area contributed by atoms with Crippen LogP contribution in [0.4, 0.5) is 0 Å². The number of phenols is 1. The summed E-state index contributed by atoms with van der Waals surface area (Å²) in [6.07, 6.45) is 3.60. The molecule has 3 heterocycles. The van der Waals surface area contributed by atoms with Gasteiger partial charge in [-0.2, -0.15) is 0 Å². The van der Waals surface area contributed by atoms with Crippen LogP contribution in [0.25, 0.3) is 0 Å². The molecule has 2 aromatic rings. The molecule has 3 aliphatic heterocycles. The quantitative estimate of drug-likeness (QED) is 0.0198. The summed E-state index contributed by atoms with van der Waals surface area (Å²) in [7, 11) is 0. The molecule has 2 aromatic carbocycles. The number of carbonyl (C=O) groups excluding carboxylic acids is 12. The molecule has 0 spiro atoms. The Morgan fingerprint density at radius 3 is 1.72 bits per heavy atom. The number of nitrogens with two attached hydrogens (primary N) is 2.